The summed E-state index contributed by atoms with van der Waals surface area (Å²) in [5, 5.41) is 2.52. The number of nitrogens with zero attached hydrogens (tertiary/aromatic N) is 1. The molecule has 1 unspecified atom stereocenters. The minimum atomic E-state index is -1.75. The lowest BCUT2D eigenvalue weighted by Crippen LogP contribution is -2.52. The van der Waals surface area contributed by atoms with Gasteiger partial charge in [0, 0.05) is 6.07 Å². The number of ether oxygens (including phenoxy) is 1. The van der Waals surface area contributed by atoms with E-state index in [1.807, 2.05) is 0 Å². The number of nitrogens with two attached hydrogens (primary N) is 1. The summed E-state index contributed by atoms with van der Waals surface area (Å²) < 4.78 is 57.8. The van der Waals surface area contributed by atoms with Crippen molar-refractivity contribution in [3.05, 3.63) is 29.3 Å². The molecule has 0 spiro atoms. The van der Waals surface area contributed by atoms with Crippen LogP contribution >= 0.6 is 0 Å². The summed E-state index contributed by atoms with van der Waals surface area (Å²) in [6.07, 6.45) is -1.84. The van der Waals surface area contributed by atoms with E-state index in [-0.39, 0.29) is 19.2 Å². The van der Waals surface area contributed by atoms with E-state index in [0.717, 1.165) is 5.01 Å². The highest BCUT2D eigenvalue weighted by atomic mass is 19.2. The predicted molar refractivity (Wildman–Crippen MR) is 65.2 cm³/mol. The Bertz CT molecular complexity index is 600. The van der Waals surface area contributed by atoms with Crippen molar-refractivity contribution in [3.63, 3.8) is 0 Å². The molecule has 6 nitrogen and oxygen atoms in total. The quantitative estimate of drug-likeness (QED) is 0.371. The normalized spacial score (nSPS) is 18.5. The van der Waals surface area contributed by atoms with Crippen LogP contribution in [-0.4, -0.2) is 36.1 Å². The van der Waals surface area contributed by atoms with Crippen LogP contribution in [0.2, 0.25) is 0 Å². The molecule has 1 atom stereocenters. The van der Waals surface area contributed by atoms with Crippen LogP contribution in [0, 0.1) is 23.3 Å². The van der Waals surface area contributed by atoms with Gasteiger partial charge in [-0.3, -0.25) is 14.6 Å². The summed E-state index contributed by atoms with van der Waals surface area (Å²) in [6, 6.07) is 0.0143. The second-order valence-electron chi connectivity index (χ2n) is 4.49. The number of halogens is 4. The van der Waals surface area contributed by atoms with Crippen molar-refractivity contribution >= 4 is 17.5 Å². The number of carbonyl (C=O) groups is 2. The molecule has 0 aliphatic carbocycles. The summed E-state index contributed by atoms with van der Waals surface area (Å²) in [4.78, 5) is 23.3. The highest BCUT2D eigenvalue weighted by molar-refractivity contribution is 5.95. The van der Waals surface area contributed by atoms with Crippen LogP contribution in [0.1, 0.15) is 6.42 Å². The highest BCUT2D eigenvalue weighted by Gasteiger charge is 2.31. The largest absolute Gasteiger partial charge is 0.366 e. The molecule has 1 aromatic rings. The lowest BCUT2D eigenvalue weighted by atomic mass is 10.2. The van der Waals surface area contributed by atoms with Gasteiger partial charge in [0.25, 0.3) is 5.91 Å². The van der Waals surface area contributed by atoms with Crippen LogP contribution in [0.3, 0.4) is 0 Å². The van der Waals surface area contributed by atoms with Gasteiger partial charge in [0.15, 0.2) is 23.3 Å². The number of benzene rings is 1. The van der Waals surface area contributed by atoms with Crippen LogP contribution < -0.4 is 11.2 Å². The number of morpholine rings is 1. The maximum Gasteiger partial charge on any atom is 0.266 e. The number of hydrazine groups is 1. The van der Waals surface area contributed by atoms with Gasteiger partial charge >= 0.3 is 0 Å². The van der Waals surface area contributed by atoms with E-state index in [1.165, 1.54) is 0 Å². The van der Waals surface area contributed by atoms with E-state index in [4.69, 9.17) is 10.6 Å². The molecule has 1 fully saturated rings. The van der Waals surface area contributed by atoms with Crippen molar-refractivity contribution in [1.29, 1.82) is 0 Å². The number of anilines is 1. The van der Waals surface area contributed by atoms with Gasteiger partial charge in [-0.1, -0.05) is 0 Å². The standard InChI is InChI=1S/C12H11F4N3O3/c13-5-3-6(14)10(16)11(9(5)15)18-8(20)4-7-12(21)19(17)1-2-22-7/h3,7H,1-2,4,17H2,(H,18,20). The minimum Gasteiger partial charge on any atom is -0.366 e. The lowest BCUT2D eigenvalue weighted by molar-refractivity contribution is -0.155. The Hall–Kier alpha value is -2.20. The Morgan fingerprint density at radius 1 is 1.32 bits per heavy atom. The number of amides is 2. The van der Waals surface area contributed by atoms with Crippen molar-refractivity contribution in [1.82, 2.24) is 5.01 Å². The molecule has 10 heteroatoms. The van der Waals surface area contributed by atoms with Gasteiger partial charge in [-0.25, -0.2) is 23.4 Å². The SMILES string of the molecule is NN1CCOC(CC(=O)Nc2c(F)c(F)cc(F)c2F)C1=O. The maximum absolute atomic E-state index is 13.4. The molecule has 0 saturated carbocycles. The number of carbonyl (C=O) groups excluding carboxylic acids is 2. The monoisotopic (exact) mass is 321 g/mol. The third-order valence-electron chi connectivity index (χ3n) is 2.96. The summed E-state index contributed by atoms with van der Waals surface area (Å²) in [6.45, 7) is 0.215. The molecule has 1 aliphatic heterocycles. The molecule has 0 bridgehead atoms. The zero-order valence-corrected chi connectivity index (χ0v) is 11.0. The highest BCUT2D eigenvalue weighted by Crippen LogP contribution is 2.24. The first kappa shape index (κ1) is 16.2. The lowest BCUT2D eigenvalue weighted by Gasteiger charge is -2.28. The molecule has 120 valence electrons. The molecule has 1 heterocycles. The third-order valence-corrected chi connectivity index (χ3v) is 2.96. The maximum atomic E-state index is 13.4. The topological polar surface area (TPSA) is 84.7 Å². The van der Waals surface area contributed by atoms with E-state index in [9.17, 15) is 27.2 Å². The zero-order chi connectivity index (χ0) is 16.4. The Kier molecular flexibility index (Phi) is 4.62. The van der Waals surface area contributed by atoms with Gasteiger partial charge < -0.3 is 10.1 Å². The van der Waals surface area contributed by atoms with E-state index in [0.29, 0.717) is 0 Å². The van der Waals surface area contributed by atoms with Crippen molar-refractivity contribution in [3.8, 4) is 0 Å². The first-order chi connectivity index (χ1) is 10.3. The van der Waals surface area contributed by atoms with Gasteiger partial charge in [0.2, 0.25) is 5.91 Å². The smallest absolute Gasteiger partial charge is 0.266 e. The Morgan fingerprint density at radius 3 is 2.50 bits per heavy atom. The summed E-state index contributed by atoms with van der Waals surface area (Å²) in [7, 11) is 0. The Morgan fingerprint density at radius 2 is 1.91 bits per heavy atom. The van der Waals surface area contributed by atoms with Gasteiger partial charge in [-0.15, -0.1) is 0 Å². The summed E-state index contributed by atoms with van der Waals surface area (Å²) >= 11 is 0. The molecule has 1 aromatic carbocycles. The molecule has 0 radical (unpaired) electrons. The van der Waals surface area contributed by atoms with Gasteiger partial charge in [-0.2, -0.15) is 0 Å². The van der Waals surface area contributed by atoms with Crippen molar-refractivity contribution in [2.45, 2.75) is 12.5 Å². The number of hydrogen-bond acceptors (Lipinski definition) is 4. The van der Waals surface area contributed by atoms with Crippen LogP contribution in [0.4, 0.5) is 23.2 Å². The van der Waals surface area contributed by atoms with E-state index < -0.39 is 53.3 Å². The van der Waals surface area contributed by atoms with Crippen LogP contribution in [0.5, 0.6) is 0 Å². The fraction of sp³-hybridized carbons (Fsp3) is 0.333. The van der Waals surface area contributed by atoms with Crippen molar-refractivity contribution < 1.29 is 31.9 Å². The fourth-order valence-electron chi connectivity index (χ4n) is 1.85. The molecule has 1 saturated heterocycles. The van der Waals surface area contributed by atoms with E-state index in [1.54, 1.807) is 5.32 Å². The number of hydrogen-bond donors (Lipinski definition) is 2. The molecular formula is C12H11F4N3O3. The molecule has 22 heavy (non-hydrogen) atoms. The third kappa shape index (κ3) is 3.17. The molecule has 2 amide bonds. The van der Waals surface area contributed by atoms with Gasteiger partial charge in [0.05, 0.1) is 19.6 Å². The Labute approximate surface area is 121 Å². The minimum absolute atomic E-state index is 0.0143. The molecule has 1 aliphatic rings. The van der Waals surface area contributed by atoms with E-state index in [2.05, 4.69) is 0 Å². The summed E-state index contributed by atoms with van der Waals surface area (Å²) in [5.74, 6) is -3.22. The van der Waals surface area contributed by atoms with Crippen LogP contribution in [-0.2, 0) is 14.3 Å². The molecule has 2 rings (SSSR count). The molecule has 0 aromatic heterocycles. The molecular weight excluding hydrogens is 310 g/mol. The van der Waals surface area contributed by atoms with Crippen LogP contribution in [0.25, 0.3) is 0 Å². The van der Waals surface area contributed by atoms with Gasteiger partial charge in [0.1, 0.15) is 11.8 Å². The molecule has 3 N–H and O–H groups in total. The summed E-state index contributed by atoms with van der Waals surface area (Å²) in [5.41, 5.74) is -1.27. The predicted octanol–water partition coefficient (Wildman–Crippen LogP) is 0.673. The number of rotatable bonds is 3. The fourth-order valence-corrected chi connectivity index (χ4v) is 1.85. The first-order valence-electron chi connectivity index (χ1n) is 6.11. The second-order valence-corrected chi connectivity index (χ2v) is 4.49. The first-order valence-corrected chi connectivity index (χ1v) is 6.11. The second kappa shape index (κ2) is 6.28. The van der Waals surface area contributed by atoms with Crippen LogP contribution in [0.15, 0.2) is 6.07 Å². The Balaban J connectivity index is 2.11. The van der Waals surface area contributed by atoms with Crippen molar-refractivity contribution in [2.24, 2.45) is 5.84 Å². The van der Waals surface area contributed by atoms with E-state index >= 15 is 0 Å². The van der Waals surface area contributed by atoms with Gasteiger partial charge in [-0.05, 0) is 0 Å². The van der Waals surface area contributed by atoms with Crippen molar-refractivity contribution in [2.75, 3.05) is 18.5 Å². The average molecular weight is 321 g/mol. The average Bonchev–Trinajstić information content (AvgIpc) is 2.46. The zero-order valence-electron chi connectivity index (χ0n) is 11.0. The number of nitrogens with one attached hydrogen (secondary N) is 1.